The Bertz CT molecular complexity index is 750. The van der Waals surface area contributed by atoms with Crippen molar-refractivity contribution in [2.45, 2.75) is 56.1 Å². The maximum Gasteiger partial charge on any atom is 0.241 e. The number of sulfonamides is 1. The minimum atomic E-state index is -3.81. The van der Waals surface area contributed by atoms with Crippen LogP contribution in [0, 0.1) is 5.92 Å². The van der Waals surface area contributed by atoms with Crippen LogP contribution in [0.5, 0.6) is 5.75 Å². The van der Waals surface area contributed by atoms with Crippen LogP contribution in [0.15, 0.2) is 29.2 Å². The summed E-state index contributed by atoms with van der Waals surface area (Å²) in [5.74, 6) is 0.318. The van der Waals surface area contributed by atoms with E-state index in [1.807, 2.05) is 18.7 Å². The highest BCUT2D eigenvalue weighted by Gasteiger charge is 2.42. The Balaban J connectivity index is 1.81. The molecule has 0 aliphatic carbocycles. The Labute approximate surface area is 161 Å². The van der Waals surface area contributed by atoms with Gasteiger partial charge in [0, 0.05) is 18.6 Å². The molecule has 2 aliphatic rings. The van der Waals surface area contributed by atoms with Gasteiger partial charge in [0.1, 0.15) is 11.8 Å². The van der Waals surface area contributed by atoms with E-state index in [9.17, 15) is 13.2 Å². The average molecular weight is 396 g/mol. The molecule has 1 aromatic rings. The van der Waals surface area contributed by atoms with Gasteiger partial charge in [-0.2, -0.15) is 4.72 Å². The van der Waals surface area contributed by atoms with E-state index in [0.717, 1.165) is 32.4 Å². The Hall–Kier alpha value is -1.64. The van der Waals surface area contributed by atoms with Crippen molar-refractivity contribution < 1.29 is 17.9 Å². The molecule has 8 heteroatoms. The molecular formula is C19H29N3O4S. The van der Waals surface area contributed by atoms with Crippen molar-refractivity contribution in [3.8, 4) is 5.75 Å². The van der Waals surface area contributed by atoms with Gasteiger partial charge < -0.3 is 15.0 Å². The molecule has 2 fully saturated rings. The van der Waals surface area contributed by atoms with E-state index in [1.165, 1.54) is 19.2 Å². The number of carbonyl (C=O) groups excluding carboxylic acids is 1. The second-order valence-electron chi connectivity index (χ2n) is 7.64. The Morgan fingerprint density at radius 2 is 1.85 bits per heavy atom. The predicted molar refractivity (Wildman–Crippen MR) is 103 cm³/mol. The molecule has 3 rings (SSSR count). The molecule has 3 unspecified atom stereocenters. The first-order valence-corrected chi connectivity index (χ1v) is 11.0. The van der Waals surface area contributed by atoms with Crippen LogP contribution in [-0.2, 0) is 14.8 Å². The quantitative estimate of drug-likeness (QED) is 0.759. The van der Waals surface area contributed by atoms with Crippen molar-refractivity contribution >= 4 is 15.9 Å². The third kappa shape index (κ3) is 4.28. The Kier molecular flexibility index (Phi) is 6.08. The molecule has 1 amide bonds. The molecule has 2 saturated heterocycles. The zero-order valence-electron chi connectivity index (χ0n) is 16.1. The molecule has 0 radical (unpaired) electrons. The summed E-state index contributed by atoms with van der Waals surface area (Å²) in [7, 11) is -2.28. The van der Waals surface area contributed by atoms with E-state index in [4.69, 9.17) is 4.74 Å². The van der Waals surface area contributed by atoms with Crippen LogP contribution in [0.25, 0.3) is 0 Å². The van der Waals surface area contributed by atoms with E-state index < -0.39 is 16.1 Å². The number of carbonyl (C=O) groups is 1. The van der Waals surface area contributed by atoms with Crippen LogP contribution >= 0.6 is 0 Å². The summed E-state index contributed by atoms with van der Waals surface area (Å²) in [6.07, 6.45) is 2.88. The fourth-order valence-electron chi connectivity index (χ4n) is 3.96. The van der Waals surface area contributed by atoms with Gasteiger partial charge in [-0.05, 0) is 56.0 Å². The number of nitrogens with one attached hydrogen (secondary N) is 2. The fourth-order valence-corrected chi connectivity index (χ4v) is 5.30. The Morgan fingerprint density at radius 1 is 1.19 bits per heavy atom. The van der Waals surface area contributed by atoms with Gasteiger partial charge in [-0.15, -0.1) is 0 Å². The van der Waals surface area contributed by atoms with Crippen LogP contribution in [0.2, 0.25) is 0 Å². The van der Waals surface area contributed by atoms with Gasteiger partial charge >= 0.3 is 0 Å². The fraction of sp³-hybridized carbons (Fsp3) is 0.632. The maximum atomic E-state index is 13.3. The van der Waals surface area contributed by atoms with E-state index in [-0.39, 0.29) is 28.8 Å². The number of fused-ring (bicyclic) bond motifs is 2. The molecule has 27 heavy (non-hydrogen) atoms. The molecule has 0 aromatic heterocycles. The molecule has 2 heterocycles. The lowest BCUT2D eigenvalue weighted by atomic mass is 10.0. The average Bonchev–Trinajstić information content (AvgIpc) is 2.91. The van der Waals surface area contributed by atoms with Gasteiger partial charge in [0.2, 0.25) is 15.9 Å². The van der Waals surface area contributed by atoms with E-state index in [0.29, 0.717) is 5.75 Å². The first-order chi connectivity index (χ1) is 12.8. The third-order valence-corrected chi connectivity index (χ3v) is 6.95. The topological polar surface area (TPSA) is 87.7 Å². The molecular weight excluding hydrogens is 366 g/mol. The standard InChI is InChI=1S/C19H29N3O4S/c1-13(2)18(19(23)22-14-4-5-15(22)12-20-11-10-14)21-27(24,25)17-8-6-16(26-3)7-9-17/h6-9,13-15,18,20-21H,4-5,10-12H2,1-3H3. The molecule has 2 bridgehead atoms. The summed E-state index contributed by atoms with van der Waals surface area (Å²) >= 11 is 0. The minimum Gasteiger partial charge on any atom is -0.497 e. The van der Waals surface area contributed by atoms with Crippen LogP contribution in [0.1, 0.15) is 33.1 Å². The lowest BCUT2D eigenvalue weighted by Gasteiger charge is -2.33. The molecule has 150 valence electrons. The van der Waals surface area contributed by atoms with Crippen molar-refractivity contribution in [2.75, 3.05) is 20.2 Å². The maximum absolute atomic E-state index is 13.3. The minimum absolute atomic E-state index is 0.113. The normalized spacial score (nSPS) is 23.9. The Morgan fingerprint density at radius 3 is 2.48 bits per heavy atom. The molecule has 1 aromatic carbocycles. The zero-order valence-corrected chi connectivity index (χ0v) is 17.0. The molecule has 0 saturated carbocycles. The van der Waals surface area contributed by atoms with E-state index >= 15 is 0 Å². The third-order valence-electron chi connectivity index (χ3n) is 5.49. The summed E-state index contributed by atoms with van der Waals surface area (Å²) in [5.41, 5.74) is 0. The number of amides is 1. The SMILES string of the molecule is COc1ccc(S(=O)(=O)NC(C(=O)N2C3CCNCC2CC3)C(C)C)cc1. The van der Waals surface area contributed by atoms with E-state index in [1.54, 1.807) is 12.1 Å². The zero-order chi connectivity index (χ0) is 19.6. The summed E-state index contributed by atoms with van der Waals surface area (Å²) < 4.78 is 33.4. The van der Waals surface area contributed by atoms with Gasteiger partial charge in [0.05, 0.1) is 12.0 Å². The van der Waals surface area contributed by atoms with Crippen LogP contribution in [0.4, 0.5) is 0 Å². The molecule has 2 N–H and O–H groups in total. The van der Waals surface area contributed by atoms with Crippen molar-refractivity contribution in [2.24, 2.45) is 5.92 Å². The van der Waals surface area contributed by atoms with E-state index in [2.05, 4.69) is 10.0 Å². The highest BCUT2D eigenvalue weighted by molar-refractivity contribution is 7.89. The van der Waals surface area contributed by atoms with Crippen LogP contribution < -0.4 is 14.8 Å². The largest absolute Gasteiger partial charge is 0.497 e. The van der Waals surface area contributed by atoms with Crippen molar-refractivity contribution in [1.29, 1.82) is 0 Å². The number of rotatable bonds is 6. The predicted octanol–water partition coefficient (Wildman–Crippen LogP) is 1.35. The second kappa shape index (κ2) is 8.16. The summed E-state index contributed by atoms with van der Waals surface area (Å²) in [4.78, 5) is 15.4. The van der Waals surface area contributed by atoms with Gasteiger partial charge in [-0.1, -0.05) is 13.8 Å². The lowest BCUT2D eigenvalue weighted by Crippen LogP contribution is -2.54. The summed E-state index contributed by atoms with van der Waals surface area (Å²) in [5, 5.41) is 3.37. The molecule has 3 atom stereocenters. The number of benzene rings is 1. The number of ether oxygens (including phenoxy) is 1. The first kappa shape index (κ1) is 20.1. The summed E-state index contributed by atoms with van der Waals surface area (Å²) in [6, 6.07) is 5.74. The smallest absolute Gasteiger partial charge is 0.241 e. The van der Waals surface area contributed by atoms with Gasteiger partial charge in [0.25, 0.3) is 0 Å². The number of methoxy groups -OCH3 is 1. The highest BCUT2D eigenvalue weighted by Crippen LogP contribution is 2.29. The van der Waals surface area contributed by atoms with Crippen molar-refractivity contribution in [3.63, 3.8) is 0 Å². The first-order valence-electron chi connectivity index (χ1n) is 9.52. The van der Waals surface area contributed by atoms with Crippen molar-refractivity contribution in [1.82, 2.24) is 14.9 Å². The summed E-state index contributed by atoms with van der Waals surface area (Å²) in [6.45, 7) is 5.42. The number of hydrogen-bond acceptors (Lipinski definition) is 5. The van der Waals surface area contributed by atoms with Gasteiger partial charge in [-0.25, -0.2) is 8.42 Å². The van der Waals surface area contributed by atoms with Crippen LogP contribution in [-0.4, -0.2) is 57.5 Å². The number of hydrogen-bond donors (Lipinski definition) is 2. The number of nitrogens with zero attached hydrogens (tertiary/aromatic N) is 1. The molecule has 0 spiro atoms. The molecule has 7 nitrogen and oxygen atoms in total. The highest BCUT2D eigenvalue weighted by atomic mass is 32.2. The lowest BCUT2D eigenvalue weighted by molar-refractivity contribution is -0.136. The van der Waals surface area contributed by atoms with Gasteiger partial charge in [-0.3, -0.25) is 4.79 Å². The monoisotopic (exact) mass is 395 g/mol. The molecule has 2 aliphatic heterocycles. The second-order valence-corrected chi connectivity index (χ2v) is 9.36. The van der Waals surface area contributed by atoms with Gasteiger partial charge in [0.15, 0.2) is 0 Å². The van der Waals surface area contributed by atoms with Crippen LogP contribution in [0.3, 0.4) is 0 Å². The van der Waals surface area contributed by atoms with Crippen molar-refractivity contribution in [3.05, 3.63) is 24.3 Å².